The highest BCUT2D eigenvalue weighted by Gasteiger charge is 2.16. The standard InChI is InChI=1S/C12H12N2O3S/c1-13-12(15)14-18(16,17)11-7-6-9-4-2-3-5-10(9)8-11/h2-8H,1H3,(H2,13,14,15). The molecule has 0 spiro atoms. The van der Waals surface area contributed by atoms with Crippen molar-refractivity contribution in [3.63, 3.8) is 0 Å². The molecule has 2 N–H and O–H groups in total. The van der Waals surface area contributed by atoms with E-state index in [2.05, 4.69) is 5.32 Å². The Morgan fingerprint density at radius 3 is 2.39 bits per heavy atom. The van der Waals surface area contributed by atoms with E-state index in [1.54, 1.807) is 6.07 Å². The third kappa shape index (κ3) is 2.43. The Balaban J connectivity index is 2.45. The van der Waals surface area contributed by atoms with E-state index in [1.807, 2.05) is 29.0 Å². The van der Waals surface area contributed by atoms with Crippen LogP contribution in [0.3, 0.4) is 0 Å². The van der Waals surface area contributed by atoms with Gasteiger partial charge in [0.25, 0.3) is 10.0 Å². The van der Waals surface area contributed by atoms with Gasteiger partial charge in [0.2, 0.25) is 0 Å². The summed E-state index contributed by atoms with van der Waals surface area (Å²) in [6, 6.07) is 11.3. The molecule has 2 amide bonds. The molecular formula is C12H12N2O3S. The highest BCUT2D eigenvalue weighted by Crippen LogP contribution is 2.18. The van der Waals surface area contributed by atoms with Crippen LogP contribution in [0.5, 0.6) is 0 Å². The molecule has 5 nitrogen and oxygen atoms in total. The Bertz CT molecular complexity index is 695. The molecule has 2 rings (SSSR count). The number of benzene rings is 2. The summed E-state index contributed by atoms with van der Waals surface area (Å²) in [6.45, 7) is 0. The van der Waals surface area contributed by atoms with Gasteiger partial charge < -0.3 is 5.32 Å². The second kappa shape index (κ2) is 4.66. The zero-order chi connectivity index (χ0) is 13.2. The van der Waals surface area contributed by atoms with Gasteiger partial charge in [-0.05, 0) is 22.9 Å². The fraction of sp³-hybridized carbons (Fsp3) is 0.0833. The van der Waals surface area contributed by atoms with Gasteiger partial charge in [0.15, 0.2) is 0 Å². The van der Waals surface area contributed by atoms with Gasteiger partial charge in [-0.1, -0.05) is 30.3 Å². The predicted octanol–water partition coefficient (Wildman–Crippen LogP) is 1.46. The van der Waals surface area contributed by atoms with Crippen molar-refractivity contribution < 1.29 is 13.2 Å². The number of rotatable bonds is 2. The number of urea groups is 1. The highest BCUT2D eigenvalue weighted by atomic mass is 32.2. The van der Waals surface area contributed by atoms with Gasteiger partial charge >= 0.3 is 6.03 Å². The molecule has 0 saturated heterocycles. The van der Waals surface area contributed by atoms with Crippen molar-refractivity contribution in [2.75, 3.05) is 7.05 Å². The first-order valence-electron chi connectivity index (χ1n) is 5.26. The molecule has 0 radical (unpaired) electrons. The number of amides is 2. The van der Waals surface area contributed by atoms with Crippen molar-refractivity contribution in [2.45, 2.75) is 4.90 Å². The number of hydrogen-bond acceptors (Lipinski definition) is 3. The van der Waals surface area contributed by atoms with Gasteiger partial charge in [0.1, 0.15) is 0 Å². The molecule has 0 aliphatic carbocycles. The van der Waals surface area contributed by atoms with Crippen LogP contribution in [0.15, 0.2) is 47.4 Å². The lowest BCUT2D eigenvalue weighted by atomic mass is 10.1. The van der Waals surface area contributed by atoms with Crippen LogP contribution in [0, 0.1) is 0 Å². The molecule has 0 aliphatic heterocycles. The van der Waals surface area contributed by atoms with Crippen molar-refractivity contribution >= 4 is 26.8 Å². The van der Waals surface area contributed by atoms with E-state index in [4.69, 9.17) is 0 Å². The summed E-state index contributed by atoms with van der Waals surface area (Å²) in [5.41, 5.74) is 0. The van der Waals surface area contributed by atoms with Crippen LogP contribution < -0.4 is 10.0 Å². The van der Waals surface area contributed by atoms with Gasteiger partial charge in [-0.2, -0.15) is 0 Å². The molecule has 0 heterocycles. The number of sulfonamides is 1. The Morgan fingerprint density at radius 2 is 1.72 bits per heavy atom. The fourth-order valence-electron chi connectivity index (χ4n) is 1.57. The van der Waals surface area contributed by atoms with E-state index in [-0.39, 0.29) is 4.90 Å². The minimum absolute atomic E-state index is 0.0600. The van der Waals surface area contributed by atoms with Crippen molar-refractivity contribution in [3.8, 4) is 0 Å². The van der Waals surface area contributed by atoms with Crippen molar-refractivity contribution in [1.82, 2.24) is 10.0 Å². The van der Waals surface area contributed by atoms with Gasteiger partial charge in [0.05, 0.1) is 4.90 Å². The lowest BCUT2D eigenvalue weighted by Crippen LogP contribution is -2.37. The van der Waals surface area contributed by atoms with Crippen molar-refractivity contribution in [2.24, 2.45) is 0 Å². The minimum atomic E-state index is -3.83. The topological polar surface area (TPSA) is 75.3 Å². The number of carbonyl (C=O) groups excluding carboxylic acids is 1. The van der Waals surface area contributed by atoms with E-state index in [0.717, 1.165) is 10.8 Å². The monoisotopic (exact) mass is 264 g/mol. The van der Waals surface area contributed by atoms with Crippen LogP contribution in [-0.2, 0) is 10.0 Å². The van der Waals surface area contributed by atoms with Gasteiger partial charge in [-0.3, -0.25) is 0 Å². The van der Waals surface area contributed by atoms with Crippen molar-refractivity contribution in [3.05, 3.63) is 42.5 Å². The molecule has 0 aromatic heterocycles. The summed E-state index contributed by atoms with van der Waals surface area (Å²) in [6.07, 6.45) is 0. The van der Waals surface area contributed by atoms with Crippen LogP contribution >= 0.6 is 0 Å². The van der Waals surface area contributed by atoms with Gasteiger partial charge in [-0.15, -0.1) is 0 Å². The Labute approximate surface area is 105 Å². The first kappa shape index (κ1) is 12.4. The summed E-state index contributed by atoms with van der Waals surface area (Å²) in [7, 11) is -2.47. The first-order chi connectivity index (χ1) is 8.53. The lowest BCUT2D eigenvalue weighted by Gasteiger charge is -2.07. The summed E-state index contributed by atoms with van der Waals surface area (Å²) in [4.78, 5) is 11.1. The second-order valence-electron chi connectivity index (χ2n) is 3.69. The summed E-state index contributed by atoms with van der Waals surface area (Å²) >= 11 is 0. The number of nitrogens with one attached hydrogen (secondary N) is 2. The van der Waals surface area contributed by atoms with Crippen LogP contribution in [-0.4, -0.2) is 21.5 Å². The van der Waals surface area contributed by atoms with E-state index < -0.39 is 16.1 Å². The van der Waals surface area contributed by atoms with Crippen molar-refractivity contribution in [1.29, 1.82) is 0 Å². The molecule has 6 heteroatoms. The third-order valence-corrected chi connectivity index (χ3v) is 3.81. The molecule has 0 saturated carbocycles. The second-order valence-corrected chi connectivity index (χ2v) is 5.38. The maximum atomic E-state index is 11.9. The molecule has 0 unspecified atom stereocenters. The normalized spacial score (nSPS) is 11.2. The average molecular weight is 264 g/mol. The SMILES string of the molecule is CNC(=O)NS(=O)(=O)c1ccc2ccccc2c1. The summed E-state index contributed by atoms with van der Waals surface area (Å²) in [5, 5.41) is 3.94. The zero-order valence-electron chi connectivity index (χ0n) is 9.67. The fourth-order valence-corrected chi connectivity index (χ4v) is 2.56. The van der Waals surface area contributed by atoms with E-state index in [0.29, 0.717) is 0 Å². The largest absolute Gasteiger partial charge is 0.340 e. The number of hydrogen-bond donors (Lipinski definition) is 2. The number of carbonyl (C=O) groups is 1. The smallest absolute Gasteiger partial charge is 0.328 e. The van der Waals surface area contributed by atoms with Crippen LogP contribution in [0.1, 0.15) is 0 Å². The van der Waals surface area contributed by atoms with E-state index >= 15 is 0 Å². The highest BCUT2D eigenvalue weighted by molar-refractivity contribution is 7.90. The number of fused-ring (bicyclic) bond motifs is 1. The third-order valence-electron chi connectivity index (χ3n) is 2.49. The summed E-state index contributed by atoms with van der Waals surface area (Å²) < 4.78 is 25.7. The van der Waals surface area contributed by atoms with E-state index in [9.17, 15) is 13.2 Å². The molecule has 0 atom stereocenters. The van der Waals surface area contributed by atoms with Crippen LogP contribution in [0.2, 0.25) is 0 Å². The summed E-state index contributed by atoms with van der Waals surface area (Å²) in [5.74, 6) is 0. The Hall–Kier alpha value is -2.08. The van der Waals surface area contributed by atoms with Crippen LogP contribution in [0.4, 0.5) is 4.79 Å². The molecule has 94 valence electrons. The Morgan fingerprint density at radius 1 is 1.06 bits per heavy atom. The molecule has 0 fully saturated rings. The molecular weight excluding hydrogens is 252 g/mol. The molecule has 0 aliphatic rings. The quantitative estimate of drug-likeness (QED) is 0.862. The van der Waals surface area contributed by atoms with Gasteiger partial charge in [0, 0.05) is 7.05 Å². The first-order valence-corrected chi connectivity index (χ1v) is 6.74. The minimum Gasteiger partial charge on any atom is -0.340 e. The average Bonchev–Trinajstić information content (AvgIpc) is 2.37. The molecule has 0 bridgehead atoms. The molecule has 2 aromatic rings. The molecule has 18 heavy (non-hydrogen) atoms. The van der Waals surface area contributed by atoms with Crippen LogP contribution in [0.25, 0.3) is 10.8 Å². The molecule has 2 aromatic carbocycles. The van der Waals surface area contributed by atoms with Gasteiger partial charge in [-0.25, -0.2) is 17.9 Å². The Kier molecular flexibility index (Phi) is 3.20. The maximum absolute atomic E-state index is 11.9. The predicted molar refractivity (Wildman–Crippen MR) is 68.7 cm³/mol. The lowest BCUT2D eigenvalue weighted by molar-refractivity contribution is 0.248. The maximum Gasteiger partial charge on any atom is 0.328 e. The zero-order valence-corrected chi connectivity index (χ0v) is 10.5. The van der Waals surface area contributed by atoms with E-state index in [1.165, 1.54) is 19.2 Å².